The number of hydrogen-bond acceptors (Lipinski definition) is 7. The standard InChI is InChI=1S/C18H19N3O6/c1-25-15-10-12(11-16-17(15)27-9-8-26-16)18(22)20-7-6-19-13-2-4-14(5-3-13)21(23)24/h2-5,10-11,19H,6-9H2,1H3,(H,20,22). The third kappa shape index (κ3) is 4.38. The van der Waals surface area contributed by atoms with Gasteiger partial charge in [0.1, 0.15) is 13.2 Å². The van der Waals surface area contributed by atoms with Crippen LogP contribution in [-0.2, 0) is 0 Å². The molecule has 0 unspecified atom stereocenters. The van der Waals surface area contributed by atoms with E-state index in [-0.39, 0.29) is 11.6 Å². The maximum Gasteiger partial charge on any atom is 0.269 e. The van der Waals surface area contributed by atoms with Crippen LogP contribution in [-0.4, -0.2) is 44.2 Å². The van der Waals surface area contributed by atoms with Gasteiger partial charge in [-0.15, -0.1) is 0 Å². The number of anilines is 1. The van der Waals surface area contributed by atoms with Crippen molar-refractivity contribution in [1.29, 1.82) is 0 Å². The van der Waals surface area contributed by atoms with E-state index in [0.717, 1.165) is 5.69 Å². The van der Waals surface area contributed by atoms with Gasteiger partial charge < -0.3 is 24.8 Å². The first-order valence-electron chi connectivity index (χ1n) is 8.32. The van der Waals surface area contributed by atoms with Crippen molar-refractivity contribution < 1.29 is 23.9 Å². The minimum absolute atomic E-state index is 0.0291. The summed E-state index contributed by atoms with van der Waals surface area (Å²) in [7, 11) is 1.50. The van der Waals surface area contributed by atoms with Gasteiger partial charge in [0.2, 0.25) is 5.75 Å². The van der Waals surface area contributed by atoms with E-state index in [9.17, 15) is 14.9 Å². The van der Waals surface area contributed by atoms with E-state index in [4.69, 9.17) is 14.2 Å². The molecule has 1 heterocycles. The van der Waals surface area contributed by atoms with Crippen LogP contribution in [0, 0.1) is 10.1 Å². The molecular weight excluding hydrogens is 354 g/mol. The lowest BCUT2D eigenvalue weighted by atomic mass is 10.1. The van der Waals surface area contributed by atoms with E-state index in [2.05, 4.69) is 10.6 Å². The number of nitrogens with one attached hydrogen (secondary N) is 2. The highest BCUT2D eigenvalue weighted by atomic mass is 16.6. The molecule has 9 heteroatoms. The van der Waals surface area contributed by atoms with E-state index in [1.807, 2.05) is 0 Å². The van der Waals surface area contributed by atoms with E-state index in [1.165, 1.54) is 19.2 Å². The minimum Gasteiger partial charge on any atom is -0.493 e. The molecule has 0 atom stereocenters. The van der Waals surface area contributed by atoms with E-state index < -0.39 is 4.92 Å². The Hall–Kier alpha value is -3.49. The fourth-order valence-electron chi connectivity index (χ4n) is 2.59. The molecule has 0 aliphatic carbocycles. The van der Waals surface area contributed by atoms with Crippen molar-refractivity contribution in [2.75, 3.05) is 38.7 Å². The molecule has 0 aromatic heterocycles. The zero-order valence-electron chi connectivity index (χ0n) is 14.7. The maximum absolute atomic E-state index is 12.4. The van der Waals surface area contributed by atoms with Crippen LogP contribution in [0.15, 0.2) is 36.4 Å². The minimum atomic E-state index is -0.453. The van der Waals surface area contributed by atoms with Gasteiger partial charge in [0.05, 0.1) is 12.0 Å². The van der Waals surface area contributed by atoms with Crippen molar-refractivity contribution in [3.05, 3.63) is 52.1 Å². The molecule has 1 aliphatic rings. The molecule has 2 aromatic carbocycles. The topological polar surface area (TPSA) is 112 Å². The average Bonchev–Trinajstić information content (AvgIpc) is 2.70. The quantitative estimate of drug-likeness (QED) is 0.435. The number of carbonyl (C=O) groups excluding carboxylic acids is 1. The van der Waals surface area contributed by atoms with Crippen LogP contribution in [0.1, 0.15) is 10.4 Å². The lowest BCUT2D eigenvalue weighted by molar-refractivity contribution is -0.384. The Morgan fingerprint density at radius 1 is 1.19 bits per heavy atom. The molecule has 1 aliphatic heterocycles. The largest absolute Gasteiger partial charge is 0.493 e. The number of carbonyl (C=O) groups is 1. The molecule has 9 nitrogen and oxygen atoms in total. The number of fused-ring (bicyclic) bond motifs is 1. The lowest BCUT2D eigenvalue weighted by Gasteiger charge is -2.21. The molecule has 0 radical (unpaired) electrons. The van der Waals surface area contributed by atoms with Gasteiger partial charge in [0, 0.05) is 36.5 Å². The van der Waals surface area contributed by atoms with Crippen LogP contribution in [0.4, 0.5) is 11.4 Å². The number of amides is 1. The highest BCUT2D eigenvalue weighted by Crippen LogP contribution is 2.40. The monoisotopic (exact) mass is 373 g/mol. The molecular formula is C18H19N3O6. The molecule has 3 rings (SSSR count). The van der Waals surface area contributed by atoms with Crippen LogP contribution in [0.2, 0.25) is 0 Å². The van der Waals surface area contributed by atoms with Crippen LogP contribution >= 0.6 is 0 Å². The second kappa shape index (κ2) is 8.26. The van der Waals surface area contributed by atoms with Gasteiger partial charge in [-0.3, -0.25) is 14.9 Å². The van der Waals surface area contributed by atoms with Crippen LogP contribution < -0.4 is 24.8 Å². The summed E-state index contributed by atoms with van der Waals surface area (Å²) < 4.78 is 16.3. The molecule has 2 N–H and O–H groups in total. The fourth-order valence-corrected chi connectivity index (χ4v) is 2.59. The second-order valence-corrected chi connectivity index (χ2v) is 5.69. The number of benzene rings is 2. The second-order valence-electron chi connectivity index (χ2n) is 5.69. The van der Waals surface area contributed by atoms with Gasteiger partial charge in [-0.05, 0) is 24.3 Å². The predicted octanol–water partition coefficient (Wildman–Crippen LogP) is 2.22. The third-order valence-corrected chi connectivity index (χ3v) is 3.91. The van der Waals surface area contributed by atoms with Gasteiger partial charge in [0.25, 0.3) is 11.6 Å². The molecule has 0 bridgehead atoms. The number of ether oxygens (including phenoxy) is 3. The van der Waals surface area contributed by atoms with Gasteiger partial charge in [-0.1, -0.05) is 0 Å². The molecule has 27 heavy (non-hydrogen) atoms. The number of nitrogens with zero attached hydrogens (tertiary/aromatic N) is 1. The Bertz CT molecular complexity index is 820. The van der Waals surface area contributed by atoms with Gasteiger partial charge >= 0.3 is 0 Å². The highest BCUT2D eigenvalue weighted by Gasteiger charge is 2.20. The summed E-state index contributed by atoms with van der Waals surface area (Å²) in [5.74, 6) is 1.16. The van der Waals surface area contributed by atoms with E-state index >= 15 is 0 Å². The first-order chi connectivity index (χ1) is 13.1. The zero-order chi connectivity index (χ0) is 19.2. The number of methoxy groups -OCH3 is 1. The zero-order valence-corrected chi connectivity index (χ0v) is 14.7. The fraction of sp³-hybridized carbons (Fsp3) is 0.278. The Morgan fingerprint density at radius 3 is 2.63 bits per heavy atom. The molecule has 2 aromatic rings. The molecule has 0 fully saturated rings. The molecule has 0 spiro atoms. The Morgan fingerprint density at radius 2 is 1.93 bits per heavy atom. The number of hydrogen-bond donors (Lipinski definition) is 2. The number of nitro benzene ring substituents is 1. The summed E-state index contributed by atoms with van der Waals surface area (Å²) in [6.07, 6.45) is 0. The molecule has 0 saturated heterocycles. The third-order valence-electron chi connectivity index (χ3n) is 3.91. The van der Waals surface area contributed by atoms with Crippen molar-refractivity contribution in [3.8, 4) is 17.2 Å². The van der Waals surface area contributed by atoms with E-state index in [1.54, 1.807) is 24.3 Å². The first-order valence-corrected chi connectivity index (χ1v) is 8.32. The molecule has 0 saturated carbocycles. The SMILES string of the molecule is COc1cc(C(=O)NCCNc2ccc([N+](=O)[O-])cc2)cc2c1OCCO2. The Kier molecular flexibility index (Phi) is 5.60. The number of nitro groups is 1. The normalized spacial score (nSPS) is 12.2. The van der Waals surface area contributed by atoms with Crippen LogP contribution in [0.3, 0.4) is 0 Å². The molecule has 142 valence electrons. The summed E-state index contributed by atoms with van der Waals surface area (Å²) in [6, 6.07) is 9.30. The Labute approximate surface area is 155 Å². The lowest BCUT2D eigenvalue weighted by Crippen LogP contribution is -2.29. The van der Waals surface area contributed by atoms with Crippen molar-refractivity contribution in [3.63, 3.8) is 0 Å². The predicted molar refractivity (Wildman–Crippen MR) is 97.9 cm³/mol. The number of non-ortho nitro benzene ring substituents is 1. The van der Waals surface area contributed by atoms with Crippen molar-refractivity contribution in [2.24, 2.45) is 0 Å². The Balaban J connectivity index is 1.54. The maximum atomic E-state index is 12.4. The van der Waals surface area contributed by atoms with Gasteiger partial charge in [0.15, 0.2) is 11.5 Å². The van der Waals surface area contributed by atoms with Gasteiger partial charge in [-0.25, -0.2) is 0 Å². The van der Waals surface area contributed by atoms with Crippen LogP contribution in [0.25, 0.3) is 0 Å². The van der Waals surface area contributed by atoms with Crippen LogP contribution in [0.5, 0.6) is 17.2 Å². The van der Waals surface area contributed by atoms with Crippen molar-refractivity contribution >= 4 is 17.3 Å². The summed E-state index contributed by atoms with van der Waals surface area (Å²) in [5.41, 5.74) is 1.17. The van der Waals surface area contributed by atoms with E-state index in [0.29, 0.717) is 49.1 Å². The highest BCUT2D eigenvalue weighted by molar-refractivity contribution is 5.95. The molecule has 1 amide bonds. The smallest absolute Gasteiger partial charge is 0.269 e. The summed E-state index contributed by atoms with van der Waals surface area (Å²) in [5, 5.41) is 16.5. The average molecular weight is 373 g/mol. The first kappa shape index (κ1) is 18.3. The summed E-state index contributed by atoms with van der Waals surface area (Å²) in [6.45, 7) is 1.68. The number of rotatable bonds is 7. The van der Waals surface area contributed by atoms with Crippen molar-refractivity contribution in [1.82, 2.24) is 5.32 Å². The van der Waals surface area contributed by atoms with Crippen molar-refractivity contribution in [2.45, 2.75) is 0 Å². The summed E-state index contributed by atoms with van der Waals surface area (Å²) in [4.78, 5) is 22.5. The van der Waals surface area contributed by atoms with Gasteiger partial charge in [-0.2, -0.15) is 0 Å². The summed E-state index contributed by atoms with van der Waals surface area (Å²) >= 11 is 0.